The maximum Gasteiger partial charge on any atom is 0.267 e. The topological polar surface area (TPSA) is 85.3 Å². The molecule has 0 spiro atoms. The number of aliphatic hydroxyl groups is 2. The monoisotopic (exact) mass is 276 g/mol. The summed E-state index contributed by atoms with van der Waals surface area (Å²) in [5.41, 5.74) is -0.893. The number of amides is 1. The van der Waals surface area contributed by atoms with E-state index in [2.05, 4.69) is 26.2 Å². The molecule has 0 aliphatic carbocycles. The van der Waals surface area contributed by atoms with E-state index in [9.17, 15) is 9.90 Å². The fraction of sp³-hybridized carbons (Fsp3) is 0.444. The summed E-state index contributed by atoms with van der Waals surface area (Å²) >= 11 is 3.20. The first-order valence-electron chi connectivity index (χ1n) is 4.40. The van der Waals surface area contributed by atoms with Crippen LogP contribution in [-0.4, -0.2) is 39.9 Å². The number of halogens is 1. The van der Waals surface area contributed by atoms with Crippen molar-refractivity contribution >= 4 is 21.8 Å². The lowest BCUT2D eigenvalue weighted by molar-refractivity contribution is 0.00316. The molecule has 0 radical (unpaired) electrons. The van der Waals surface area contributed by atoms with Gasteiger partial charge in [0.15, 0.2) is 0 Å². The van der Waals surface area contributed by atoms with E-state index < -0.39 is 12.2 Å². The molecule has 4 N–H and O–H groups in total. The second kappa shape index (κ2) is 4.78. The predicted octanol–water partition coefficient (Wildman–Crippen LogP) is 0.250. The quantitative estimate of drug-likeness (QED) is 0.636. The number of aliphatic hydroxyl groups excluding tert-OH is 1. The van der Waals surface area contributed by atoms with Gasteiger partial charge in [0.2, 0.25) is 0 Å². The third-order valence-corrected chi connectivity index (χ3v) is 2.32. The first kappa shape index (κ1) is 12.2. The molecule has 0 aliphatic rings. The Morgan fingerprint density at radius 1 is 1.73 bits per heavy atom. The fourth-order valence-corrected chi connectivity index (χ4v) is 1.26. The first-order valence-corrected chi connectivity index (χ1v) is 5.19. The molecule has 15 heavy (non-hydrogen) atoms. The lowest BCUT2D eigenvalue weighted by Gasteiger charge is -2.20. The average Bonchev–Trinajstić information content (AvgIpc) is 2.61. The van der Waals surface area contributed by atoms with Crippen molar-refractivity contribution in [1.82, 2.24) is 10.3 Å². The number of hydrogen-bond acceptors (Lipinski definition) is 3. The van der Waals surface area contributed by atoms with Gasteiger partial charge < -0.3 is 20.5 Å². The molecule has 0 saturated carbocycles. The van der Waals surface area contributed by atoms with Crippen LogP contribution in [0.5, 0.6) is 0 Å². The van der Waals surface area contributed by atoms with Gasteiger partial charge in [-0.1, -0.05) is 0 Å². The van der Waals surface area contributed by atoms with E-state index in [1.54, 1.807) is 12.3 Å². The van der Waals surface area contributed by atoms with Crippen molar-refractivity contribution < 1.29 is 15.0 Å². The molecule has 0 aliphatic heterocycles. The van der Waals surface area contributed by atoms with E-state index in [4.69, 9.17) is 5.11 Å². The SMILES string of the molecule is CC(O)(CO)CNC(=O)c1cc(Br)c[nH]1. The Balaban J connectivity index is 2.50. The van der Waals surface area contributed by atoms with Crippen molar-refractivity contribution in [3.05, 3.63) is 22.4 Å². The molecule has 5 nitrogen and oxygen atoms in total. The number of hydrogen-bond donors (Lipinski definition) is 4. The van der Waals surface area contributed by atoms with Crippen LogP contribution >= 0.6 is 15.9 Å². The minimum absolute atomic E-state index is 0.00102. The van der Waals surface area contributed by atoms with Gasteiger partial charge in [0.25, 0.3) is 5.91 Å². The zero-order valence-corrected chi connectivity index (χ0v) is 9.84. The van der Waals surface area contributed by atoms with Crippen LogP contribution < -0.4 is 5.32 Å². The van der Waals surface area contributed by atoms with Crippen molar-refractivity contribution in [3.8, 4) is 0 Å². The first-order chi connectivity index (χ1) is 6.94. The largest absolute Gasteiger partial charge is 0.393 e. The van der Waals surface area contributed by atoms with Crippen LogP contribution in [0.1, 0.15) is 17.4 Å². The second-order valence-corrected chi connectivity index (χ2v) is 4.48. The Morgan fingerprint density at radius 2 is 2.40 bits per heavy atom. The highest BCUT2D eigenvalue weighted by molar-refractivity contribution is 9.10. The molecule has 0 saturated heterocycles. The summed E-state index contributed by atoms with van der Waals surface area (Å²) in [7, 11) is 0. The van der Waals surface area contributed by atoms with E-state index in [0.29, 0.717) is 5.69 Å². The van der Waals surface area contributed by atoms with Gasteiger partial charge in [0.1, 0.15) is 11.3 Å². The smallest absolute Gasteiger partial charge is 0.267 e. The molecule has 1 amide bonds. The van der Waals surface area contributed by atoms with Crippen LogP contribution in [-0.2, 0) is 0 Å². The maximum atomic E-state index is 11.5. The summed E-state index contributed by atoms with van der Waals surface area (Å²) < 4.78 is 0.779. The zero-order valence-electron chi connectivity index (χ0n) is 8.25. The van der Waals surface area contributed by atoms with Crippen LogP contribution in [0.25, 0.3) is 0 Å². The molecule has 1 rings (SSSR count). The van der Waals surface area contributed by atoms with E-state index >= 15 is 0 Å². The van der Waals surface area contributed by atoms with E-state index in [0.717, 1.165) is 4.47 Å². The Morgan fingerprint density at radius 3 is 2.87 bits per heavy atom. The van der Waals surface area contributed by atoms with Gasteiger partial charge in [0, 0.05) is 17.2 Å². The number of aromatic nitrogens is 1. The van der Waals surface area contributed by atoms with Crippen LogP contribution in [0.3, 0.4) is 0 Å². The number of rotatable bonds is 4. The molecule has 1 aromatic rings. The predicted molar refractivity (Wildman–Crippen MR) is 58.5 cm³/mol. The summed E-state index contributed by atoms with van der Waals surface area (Å²) in [4.78, 5) is 14.2. The van der Waals surface area contributed by atoms with Crippen LogP contribution in [0.2, 0.25) is 0 Å². The highest BCUT2D eigenvalue weighted by Crippen LogP contribution is 2.10. The summed E-state index contributed by atoms with van der Waals surface area (Å²) in [5, 5.41) is 20.7. The molecule has 84 valence electrons. The summed E-state index contributed by atoms with van der Waals surface area (Å²) in [6.45, 7) is 1.04. The summed E-state index contributed by atoms with van der Waals surface area (Å²) in [6, 6.07) is 1.63. The standard InChI is InChI=1S/C9H13BrN2O3/c1-9(15,5-13)4-12-8(14)7-2-6(10)3-11-7/h2-3,11,13,15H,4-5H2,1H3,(H,12,14). The molecule has 6 heteroatoms. The van der Waals surface area contributed by atoms with Crippen molar-refractivity contribution in [2.75, 3.05) is 13.2 Å². The summed E-state index contributed by atoms with van der Waals surface area (Å²) in [5.74, 6) is -0.325. The molecule has 0 fully saturated rings. The molecular weight excluding hydrogens is 264 g/mol. The van der Waals surface area contributed by atoms with Crippen molar-refractivity contribution in [2.45, 2.75) is 12.5 Å². The lowest BCUT2D eigenvalue weighted by atomic mass is 10.1. The Hall–Kier alpha value is -0.850. The maximum absolute atomic E-state index is 11.5. The minimum atomic E-state index is -1.29. The average molecular weight is 277 g/mol. The molecule has 1 heterocycles. The van der Waals surface area contributed by atoms with Crippen molar-refractivity contribution in [2.24, 2.45) is 0 Å². The van der Waals surface area contributed by atoms with Crippen LogP contribution in [0.4, 0.5) is 0 Å². The van der Waals surface area contributed by atoms with Gasteiger partial charge in [-0.3, -0.25) is 4.79 Å². The Labute approximate surface area is 95.6 Å². The second-order valence-electron chi connectivity index (χ2n) is 3.57. The fourth-order valence-electron chi connectivity index (χ4n) is 0.921. The van der Waals surface area contributed by atoms with Gasteiger partial charge >= 0.3 is 0 Å². The zero-order chi connectivity index (χ0) is 11.5. The molecule has 1 aromatic heterocycles. The van der Waals surface area contributed by atoms with E-state index in [1.165, 1.54) is 6.92 Å². The molecular formula is C9H13BrN2O3. The highest BCUT2D eigenvalue weighted by atomic mass is 79.9. The highest BCUT2D eigenvalue weighted by Gasteiger charge is 2.20. The van der Waals surface area contributed by atoms with Crippen LogP contribution in [0.15, 0.2) is 16.7 Å². The Bertz CT molecular complexity index is 349. The molecule has 0 aromatic carbocycles. The molecule has 1 atom stereocenters. The molecule has 1 unspecified atom stereocenters. The van der Waals surface area contributed by atoms with Gasteiger partial charge in [-0.25, -0.2) is 0 Å². The normalized spacial score (nSPS) is 14.7. The molecule has 0 bridgehead atoms. The number of aromatic amines is 1. The van der Waals surface area contributed by atoms with E-state index in [-0.39, 0.29) is 12.5 Å². The van der Waals surface area contributed by atoms with Crippen LogP contribution in [0, 0.1) is 0 Å². The summed E-state index contributed by atoms with van der Waals surface area (Å²) in [6.07, 6.45) is 1.64. The number of carbonyl (C=O) groups is 1. The third kappa shape index (κ3) is 3.65. The van der Waals surface area contributed by atoms with E-state index in [1.807, 2.05) is 0 Å². The van der Waals surface area contributed by atoms with Gasteiger partial charge in [-0.05, 0) is 28.9 Å². The number of H-pyrrole nitrogens is 1. The van der Waals surface area contributed by atoms with Gasteiger partial charge in [0.05, 0.1) is 6.61 Å². The van der Waals surface area contributed by atoms with Gasteiger partial charge in [-0.15, -0.1) is 0 Å². The Kier molecular flexibility index (Phi) is 3.90. The lowest BCUT2D eigenvalue weighted by Crippen LogP contribution is -2.43. The third-order valence-electron chi connectivity index (χ3n) is 1.86. The number of nitrogens with one attached hydrogen (secondary N) is 2. The van der Waals surface area contributed by atoms with Gasteiger partial charge in [-0.2, -0.15) is 0 Å². The van der Waals surface area contributed by atoms with Crippen molar-refractivity contribution in [1.29, 1.82) is 0 Å². The van der Waals surface area contributed by atoms with Crippen molar-refractivity contribution in [3.63, 3.8) is 0 Å². The number of carbonyl (C=O) groups excluding carboxylic acids is 1. The minimum Gasteiger partial charge on any atom is -0.393 e.